The molecule has 25 heavy (non-hydrogen) atoms. The summed E-state index contributed by atoms with van der Waals surface area (Å²) >= 11 is 0. The molecular formula is C20H16N2O3. The maximum Gasteiger partial charge on any atom is 0.335 e. The van der Waals surface area contributed by atoms with Gasteiger partial charge in [-0.25, -0.2) is 9.78 Å². The maximum absolute atomic E-state index is 12.8. The average Bonchev–Trinajstić information content (AvgIpc) is 3.00. The molecule has 3 aromatic rings. The summed E-state index contributed by atoms with van der Waals surface area (Å²) in [7, 11) is 0. The lowest BCUT2D eigenvalue weighted by Gasteiger charge is -2.07. The maximum atomic E-state index is 12.8. The molecule has 2 heterocycles. The van der Waals surface area contributed by atoms with E-state index >= 15 is 0 Å². The van der Waals surface area contributed by atoms with Crippen LogP contribution in [0.2, 0.25) is 0 Å². The minimum absolute atomic E-state index is 0.0978. The average molecular weight is 332 g/mol. The number of carbonyl (C=O) groups is 1. The molecule has 0 atom stereocenters. The molecule has 0 unspecified atom stereocenters. The molecule has 5 nitrogen and oxygen atoms in total. The minimum Gasteiger partial charge on any atom is -0.478 e. The van der Waals surface area contributed by atoms with E-state index in [9.17, 15) is 9.59 Å². The summed E-state index contributed by atoms with van der Waals surface area (Å²) in [6.07, 6.45) is 2.82. The van der Waals surface area contributed by atoms with Gasteiger partial charge < -0.3 is 5.11 Å². The molecule has 124 valence electrons. The Kier molecular flexibility index (Phi) is 3.50. The summed E-state index contributed by atoms with van der Waals surface area (Å²) in [6, 6.07) is 12.6. The molecule has 0 amide bonds. The Labute approximate surface area is 143 Å². The van der Waals surface area contributed by atoms with Gasteiger partial charge in [-0.3, -0.25) is 9.36 Å². The fraction of sp³-hybridized carbons (Fsp3) is 0.150. The molecule has 2 aromatic carbocycles. The van der Waals surface area contributed by atoms with Crippen molar-refractivity contribution in [3.05, 3.63) is 75.3 Å². The molecule has 5 heteroatoms. The number of fused-ring (bicyclic) bond motifs is 2. The van der Waals surface area contributed by atoms with Crippen molar-refractivity contribution in [2.24, 2.45) is 0 Å². The first kappa shape index (κ1) is 15.3. The molecule has 0 fully saturated rings. The molecule has 1 aromatic heterocycles. The third kappa shape index (κ3) is 2.54. The number of benzene rings is 2. The van der Waals surface area contributed by atoms with Crippen LogP contribution in [-0.2, 0) is 6.54 Å². The SMILES string of the molecule is Cc1ccccc1/C=C1\CCn2c1nc1ccc(C(=O)O)cc1c2=O. The van der Waals surface area contributed by atoms with Gasteiger partial charge >= 0.3 is 5.97 Å². The van der Waals surface area contributed by atoms with Crippen LogP contribution in [0.3, 0.4) is 0 Å². The zero-order chi connectivity index (χ0) is 17.6. The highest BCUT2D eigenvalue weighted by Gasteiger charge is 2.21. The molecule has 0 saturated carbocycles. The second-order valence-corrected chi connectivity index (χ2v) is 6.21. The molecule has 1 aliphatic rings. The van der Waals surface area contributed by atoms with Crippen LogP contribution in [0.5, 0.6) is 0 Å². The number of allylic oxidation sites excluding steroid dienone is 1. The lowest BCUT2D eigenvalue weighted by Crippen LogP contribution is -2.21. The zero-order valence-corrected chi connectivity index (χ0v) is 13.7. The van der Waals surface area contributed by atoms with Crippen molar-refractivity contribution in [1.82, 2.24) is 9.55 Å². The van der Waals surface area contributed by atoms with Crippen LogP contribution >= 0.6 is 0 Å². The van der Waals surface area contributed by atoms with E-state index in [0.717, 1.165) is 17.6 Å². The topological polar surface area (TPSA) is 72.2 Å². The van der Waals surface area contributed by atoms with E-state index in [0.29, 0.717) is 23.3 Å². The van der Waals surface area contributed by atoms with E-state index < -0.39 is 5.97 Å². The smallest absolute Gasteiger partial charge is 0.335 e. The van der Waals surface area contributed by atoms with Crippen LogP contribution in [0, 0.1) is 6.92 Å². The lowest BCUT2D eigenvalue weighted by atomic mass is 10.0. The van der Waals surface area contributed by atoms with Crippen molar-refractivity contribution >= 4 is 28.5 Å². The van der Waals surface area contributed by atoms with Gasteiger partial charge in [0.1, 0.15) is 5.82 Å². The predicted molar refractivity (Wildman–Crippen MR) is 96.6 cm³/mol. The summed E-state index contributed by atoms with van der Waals surface area (Å²) in [5.41, 5.74) is 3.75. The Hall–Kier alpha value is -3.21. The largest absolute Gasteiger partial charge is 0.478 e. The Morgan fingerprint density at radius 3 is 2.80 bits per heavy atom. The number of hydrogen-bond acceptors (Lipinski definition) is 3. The third-order valence-corrected chi connectivity index (χ3v) is 4.61. The van der Waals surface area contributed by atoms with E-state index in [4.69, 9.17) is 5.11 Å². The predicted octanol–water partition coefficient (Wildman–Crippen LogP) is 3.35. The highest BCUT2D eigenvalue weighted by molar-refractivity contribution is 5.93. The minimum atomic E-state index is -1.05. The number of carboxylic acids is 1. The molecule has 0 saturated heterocycles. The van der Waals surface area contributed by atoms with Crippen LogP contribution in [0.25, 0.3) is 22.6 Å². The van der Waals surface area contributed by atoms with Gasteiger partial charge in [-0.1, -0.05) is 24.3 Å². The number of hydrogen-bond donors (Lipinski definition) is 1. The van der Waals surface area contributed by atoms with Gasteiger partial charge in [-0.15, -0.1) is 0 Å². The lowest BCUT2D eigenvalue weighted by molar-refractivity contribution is 0.0697. The van der Waals surface area contributed by atoms with Gasteiger partial charge in [0.2, 0.25) is 0 Å². The Balaban J connectivity index is 1.90. The first-order valence-corrected chi connectivity index (χ1v) is 8.09. The highest BCUT2D eigenvalue weighted by atomic mass is 16.4. The fourth-order valence-electron chi connectivity index (χ4n) is 3.22. The van der Waals surface area contributed by atoms with Crippen LogP contribution < -0.4 is 5.56 Å². The summed E-state index contributed by atoms with van der Waals surface area (Å²) < 4.78 is 1.64. The first-order chi connectivity index (χ1) is 12.0. The molecule has 4 rings (SSSR count). The van der Waals surface area contributed by atoms with Crippen molar-refractivity contribution < 1.29 is 9.90 Å². The summed E-state index contributed by atoms with van der Waals surface area (Å²) in [4.78, 5) is 28.5. The molecule has 0 bridgehead atoms. The van der Waals surface area contributed by atoms with Gasteiger partial charge in [0, 0.05) is 6.54 Å². The quantitative estimate of drug-likeness (QED) is 0.781. The van der Waals surface area contributed by atoms with Gasteiger partial charge in [0.15, 0.2) is 0 Å². The second-order valence-electron chi connectivity index (χ2n) is 6.21. The zero-order valence-electron chi connectivity index (χ0n) is 13.7. The van der Waals surface area contributed by atoms with Crippen LogP contribution in [0.1, 0.15) is 33.7 Å². The molecule has 0 radical (unpaired) electrons. The van der Waals surface area contributed by atoms with Crippen molar-refractivity contribution in [2.75, 3.05) is 0 Å². The number of carboxylic acid groups (broad SMARTS) is 1. The molecule has 1 N–H and O–H groups in total. The number of rotatable bonds is 2. The van der Waals surface area contributed by atoms with E-state index in [2.05, 4.69) is 24.1 Å². The van der Waals surface area contributed by atoms with Crippen LogP contribution in [0.15, 0.2) is 47.3 Å². The Bertz CT molecular complexity index is 1110. The summed E-state index contributed by atoms with van der Waals surface area (Å²) in [6.45, 7) is 2.61. The van der Waals surface area contributed by atoms with Gasteiger partial charge in [0.05, 0.1) is 16.5 Å². The van der Waals surface area contributed by atoms with Crippen molar-refractivity contribution in [2.45, 2.75) is 19.9 Å². The molecule has 0 spiro atoms. The summed E-state index contributed by atoms with van der Waals surface area (Å²) in [5.74, 6) is -0.379. The highest BCUT2D eigenvalue weighted by Crippen LogP contribution is 2.28. The van der Waals surface area contributed by atoms with Crippen molar-refractivity contribution in [1.29, 1.82) is 0 Å². The van der Waals surface area contributed by atoms with Crippen LogP contribution in [0.4, 0.5) is 0 Å². The Morgan fingerprint density at radius 1 is 1.24 bits per heavy atom. The fourth-order valence-corrected chi connectivity index (χ4v) is 3.22. The number of aromatic carboxylic acids is 1. The summed E-state index contributed by atoms with van der Waals surface area (Å²) in [5, 5.41) is 9.47. The van der Waals surface area contributed by atoms with Gasteiger partial charge in [0.25, 0.3) is 5.56 Å². The van der Waals surface area contributed by atoms with E-state index in [1.807, 2.05) is 18.2 Å². The normalized spacial score (nSPS) is 14.8. The van der Waals surface area contributed by atoms with E-state index in [1.165, 1.54) is 17.7 Å². The van der Waals surface area contributed by atoms with Gasteiger partial charge in [-0.05, 0) is 54.3 Å². The molecular weight excluding hydrogens is 316 g/mol. The molecule has 0 aliphatic carbocycles. The number of nitrogens with zero attached hydrogens (tertiary/aromatic N) is 2. The van der Waals surface area contributed by atoms with E-state index in [1.54, 1.807) is 10.6 Å². The first-order valence-electron chi connectivity index (χ1n) is 8.09. The second kappa shape index (κ2) is 5.70. The van der Waals surface area contributed by atoms with Crippen LogP contribution in [-0.4, -0.2) is 20.6 Å². The number of aryl methyl sites for hydroxylation is 1. The van der Waals surface area contributed by atoms with Crippen molar-refractivity contribution in [3.63, 3.8) is 0 Å². The van der Waals surface area contributed by atoms with Crippen molar-refractivity contribution in [3.8, 4) is 0 Å². The Morgan fingerprint density at radius 2 is 2.04 bits per heavy atom. The number of aromatic nitrogens is 2. The van der Waals surface area contributed by atoms with Gasteiger partial charge in [-0.2, -0.15) is 0 Å². The molecule has 1 aliphatic heterocycles. The standard InChI is InChI=1S/C20H16N2O3/c1-12-4-2-3-5-13(12)10-14-8-9-22-18(14)21-17-7-6-15(20(24)25)11-16(17)19(22)23/h2-7,10-11H,8-9H2,1H3,(H,24,25)/b14-10+. The monoisotopic (exact) mass is 332 g/mol. The van der Waals surface area contributed by atoms with E-state index in [-0.39, 0.29) is 11.1 Å². The third-order valence-electron chi connectivity index (χ3n) is 4.61.